The van der Waals surface area contributed by atoms with Gasteiger partial charge in [-0.05, 0) is 25.5 Å². The smallest absolute Gasteiger partial charge is 0.494 e. The Morgan fingerprint density at radius 2 is 1.89 bits per heavy atom. The molecule has 0 bridgehead atoms. The van der Waals surface area contributed by atoms with Gasteiger partial charge >= 0.3 is 6.98 Å². The van der Waals surface area contributed by atoms with Crippen LogP contribution < -0.4 is 10.2 Å². The summed E-state index contributed by atoms with van der Waals surface area (Å²) >= 11 is 0. The van der Waals surface area contributed by atoms with E-state index >= 15 is 0 Å². The molecule has 1 rings (SSSR count). The molecule has 0 amide bonds. The number of halogens is 3. The van der Waals surface area contributed by atoms with Crippen molar-refractivity contribution in [1.82, 2.24) is 0 Å². The third-order valence-corrected chi connectivity index (χ3v) is 3.55. The average molecular weight is 295 g/mol. The highest BCUT2D eigenvalue weighted by Gasteiger charge is 2.27. The maximum absolute atomic E-state index is 12.6. The van der Waals surface area contributed by atoms with Gasteiger partial charge in [-0.15, -0.1) is 5.46 Å². The lowest BCUT2D eigenvalue weighted by molar-refractivity contribution is 0.317. The van der Waals surface area contributed by atoms with E-state index in [1.807, 2.05) is 0 Å². The molecule has 0 saturated heterocycles. The van der Waals surface area contributed by atoms with Gasteiger partial charge in [-0.3, -0.25) is 0 Å². The highest BCUT2D eigenvalue weighted by Crippen LogP contribution is 2.17. The number of hydrogen-bond acceptors (Lipinski definition) is 3. The molecule has 0 aliphatic carbocycles. The van der Waals surface area contributed by atoms with Crippen molar-refractivity contribution in [3.63, 3.8) is 0 Å². The number of sulfone groups is 1. The van der Waals surface area contributed by atoms with E-state index in [4.69, 9.17) is 4.74 Å². The first-order valence-electron chi connectivity index (χ1n) is 5.70. The quantitative estimate of drug-likeness (QED) is 0.594. The van der Waals surface area contributed by atoms with Crippen molar-refractivity contribution in [3.8, 4) is 5.75 Å². The molecule has 0 aliphatic rings. The molecule has 0 saturated carbocycles. The molecule has 0 atom stereocenters. The monoisotopic (exact) mass is 295 g/mol. The Morgan fingerprint density at radius 3 is 2.37 bits per heavy atom. The average Bonchev–Trinajstić information content (AvgIpc) is 2.21. The summed E-state index contributed by atoms with van der Waals surface area (Å²) in [5, 5.41) is 0. The predicted octanol–water partition coefficient (Wildman–Crippen LogP) is 1.86. The van der Waals surface area contributed by atoms with E-state index in [0.717, 1.165) is 12.3 Å². The van der Waals surface area contributed by atoms with Crippen LogP contribution in [-0.4, -0.2) is 34.0 Å². The van der Waals surface area contributed by atoms with Crippen molar-refractivity contribution in [2.24, 2.45) is 0 Å². The molecule has 3 nitrogen and oxygen atoms in total. The summed E-state index contributed by atoms with van der Waals surface area (Å²) in [6.45, 7) is -3.49. The molecule has 0 heterocycles. The predicted molar refractivity (Wildman–Crippen MR) is 69.7 cm³/mol. The van der Waals surface area contributed by atoms with E-state index in [0.29, 0.717) is 12.2 Å². The zero-order valence-electron chi connectivity index (χ0n) is 10.7. The highest BCUT2D eigenvalue weighted by atomic mass is 32.2. The van der Waals surface area contributed by atoms with E-state index in [-0.39, 0.29) is 17.9 Å². The minimum atomic E-state index is -5.02. The fourth-order valence-electron chi connectivity index (χ4n) is 1.62. The second kappa shape index (κ2) is 5.86. The van der Waals surface area contributed by atoms with Crippen LogP contribution in [0.3, 0.4) is 0 Å². The van der Waals surface area contributed by atoms with E-state index in [2.05, 4.69) is 0 Å². The minimum Gasteiger partial charge on any atom is -0.494 e. The summed E-state index contributed by atoms with van der Waals surface area (Å²) in [7, 11) is -3.04. The van der Waals surface area contributed by atoms with Crippen molar-refractivity contribution in [3.05, 3.63) is 23.8 Å². The van der Waals surface area contributed by atoms with Gasteiger partial charge in [0.2, 0.25) is 0 Å². The summed E-state index contributed by atoms with van der Waals surface area (Å²) in [5.74, 6) is 0.310. The molecule has 1 aromatic rings. The largest absolute Gasteiger partial charge is 0.509 e. The Hall–Kier alpha value is -1.18. The molecular weight excluding hydrogens is 280 g/mol. The summed E-state index contributed by atoms with van der Waals surface area (Å²) < 4.78 is 64.7. The van der Waals surface area contributed by atoms with Gasteiger partial charge in [-0.1, -0.05) is 11.6 Å². The fraction of sp³-hybridized carbons (Fsp3) is 0.455. The lowest BCUT2D eigenvalue weighted by Gasteiger charge is -2.18. The normalized spacial score (nSPS) is 12.5. The number of benzene rings is 1. The first kappa shape index (κ1) is 15.9. The first-order valence-corrected chi connectivity index (χ1v) is 7.76. The topological polar surface area (TPSA) is 43.4 Å². The first-order chi connectivity index (χ1) is 8.59. The van der Waals surface area contributed by atoms with Crippen LogP contribution in [0.1, 0.15) is 12.0 Å². The van der Waals surface area contributed by atoms with Crippen LogP contribution in [0.5, 0.6) is 5.75 Å². The molecule has 0 radical (unpaired) electrons. The molecule has 0 aromatic heterocycles. The number of aryl methyl sites for hydroxylation is 1. The zero-order valence-corrected chi connectivity index (χ0v) is 11.5. The van der Waals surface area contributed by atoms with Crippen molar-refractivity contribution in [1.29, 1.82) is 0 Å². The van der Waals surface area contributed by atoms with Gasteiger partial charge in [-0.25, -0.2) is 8.42 Å². The van der Waals surface area contributed by atoms with E-state index in [1.165, 1.54) is 19.1 Å². The third kappa shape index (κ3) is 5.54. The van der Waals surface area contributed by atoms with Crippen molar-refractivity contribution >= 4 is 22.3 Å². The van der Waals surface area contributed by atoms with Crippen LogP contribution in [0, 0.1) is 6.92 Å². The molecule has 108 valence electrons. The maximum atomic E-state index is 12.6. The van der Waals surface area contributed by atoms with Crippen LogP contribution in [0.25, 0.3) is 0 Å². The van der Waals surface area contributed by atoms with E-state index in [1.54, 1.807) is 0 Å². The second-order valence-corrected chi connectivity index (χ2v) is 6.68. The molecule has 1 aromatic carbocycles. The Kier molecular flexibility index (Phi) is 4.89. The molecule has 0 N–H and O–H groups in total. The lowest BCUT2D eigenvalue weighted by atomic mass is 9.77. The highest BCUT2D eigenvalue weighted by molar-refractivity contribution is 7.90. The standard InChI is InChI=1S/C11H15BF3O3S/c1-9-8-10(4-5-11(9)12(13,14)15)18-6-3-7-19(2,16)17/h4-5,8H,3,6-7H2,1-2H3/q-1. The van der Waals surface area contributed by atoms with Gasteiger partial charge in [0, 0.05) is 6.26 Å². The third-order valence-electron chi connectivity index (χ3n) is 2.52. The molecule has 0 fully saturated rings. The van der Waals surface area contributed by atoms with Gasteiger partial charge in [-0.2, -0.15) is 0 Å². The fourth-order valence-corrected chi connectivity index (χ4v) is 2.26. The molecule has 0 unspecified atom stereocenters. The Balaban J connectivity index is 2.60. The molecule has 0 spiro atoms. The minimum absolute atomic E-state index is 0.00424. The van der Waals surface area contributed by atoms with Gasteiger partial charge in [0.15, 0.2) is 0 Å². The van der Waals surface area contributed by atoms with Gasteiger partial charge in [0.1, 0.15) is 15.6 Å². The molecule has 0 aliphatic heterocycles. The molecular formula is C11H15BF3O3S-. The Morgan fingerprint density at radius 1 is 1.26 bits per heavy atom. The lowest BCUT2D eigenvalue weighted by Crippen LogP contribution is -2.35. The van der Waals surface area contributed by atoms with Crippen LogP contribution in [0.15, 0.2) is 18.2 Å². The number of ether oxygens (including phenoxy) is 1. The van der Waals surface area contributed by atoms with Gasteiger partial charge in [0.25, 0.3) is 0 Å². The van der Waals surface area contributed by atoms with Crippen molar-refractivity contribution < 1.29 is 26.1 Å². The van der Waals surface area contributed by atoms with Crippen LogP contribution in [0.4, 0.5) is 12.9 Å². The van der Waals surface area contributed by atoms with Crippen molar-refractivity contribution in [2.45, 2.75) is 13.3 Å². The summed E-state index contributed by atoms with van der Waals surface area (Å²) in [6.07, 6.45) is 1.43. The SMILES string of the molecule is Cc1cc(OCCCS(C)(=O)=O)ccc1[B-](F)(F)F. The summed E-state index contributed by atoms with van der Waals surface area (Å²) in [4.78, 5) is 0. The van der Waals surface area contributed by atoms with Crippen LogP contribution >= 0.6 is 0 Å². The summed E-state index contributed by atoms with van der Waals surface area (Å²) in [5.41, 5.74) is -0.531. The zero-order chi connectivity index (χ0) is 14.7. The van der Waals surface area contributed by atoms with E-state index in [9.17, 15) is 21.4 Å². The van der Waals surface area contributed by atoms with Crippen molar-refractivity contribution in [2.75, 3.05) is 18.6 Å². The Labute approximate surface area is 110 Å². The van der Waals surface area contributed by atoms with Gasteiger partial charge in [0.05, 0.1) is 12.4 Å². The Bertz CT molecular complexity index is 541. The van der Waals surface area contributed by atoms with Crippen LogP contribution in [-0.2, 0) is 9.84 Å². The number of hydrogen-bond donors (Lipinski definition) is 0. The molecule has 8 heteroatoms. The summed E-state index contributed by atoms with van der Waals surface area (Å²) in [6, 6.07) is 3.55. The second-order valence-electron chi connectivity index (χ2n) is 4.43. The van der Waals surface area contributed by atoms with E-state index < -0.39 is 22.3 Å². The number of rotatable bonds is 6. The van der Waals surface area contributed by atoms with Crippen LogP contribution in [0.2, 0.25) is 0 Å². The maximum Gasteiger partial charge on any atom is 0.509 e. The molecule has 19 heavy (non-hydrogen) atoms. The van der Waals surface area contributed by atoms with Gasteiger partial charge < -0.3 is 17.7 Å².